The number of nitrogens with one attached hydrogen (secondary N) is 2. The van der Waals surface area contributed by atoms with Crippen LogP contribution < -0.4 is 5.32 Å². The molecule has 2 N–H and O–H groups in total. The Balaban J connectivity index is 1.70. The van der Waals surface area contributed by atoms with Crippen molar-refractivity contribution in [1.29, 1.82) is 0 Å². The van der Waals surface area contributed by atoms with E-state index in [1.165, 1.54) is 22.1 Å². The molecule has 0 saturated carbocycles. The maximum Gasteiger partial charge on any atom is 0.408 e. The minimum atomic E-state index is -0.515. The lowest BCUT2D eigenvalue weighted by Crippen LogP contribution is -2.36. The number of ether oxygens (including phenoxy) is 1. The van der Waals surface area contributed by atoms with E-state index in [0.717, 1.165) is 11.9 Å². The van der Waals surface area contributed by atoms with Gasteiger partial charge in [-0.2, -0.15) is 0 Å². The van der Waals surface area contributed by atoms with Crippen LogP contribution in [-0.4, -0.2) is 16.7 Å². The molecule has 4 rings (SSSR count). The Morgan fingerprint density at radius 3 is 2.62 bits per heavy atom. The molecule has 1 amide bonds. The van der Waals surface area contributed by atoms with Crippen LogP contribution in [0, 0.1) is 0 Å². The van der Waals surface area contributed by atoms with Crippen LogP contribution in [0.5, 0.6) is 0 Å². The Hall–Kier alpha value is -2.75. The van der Waals surface area contributed by atoms with Gasteiger partial charge in [-0.05, 0) is 49.9 Å². The van der Waals surface area contributed by atoms with Crippen molar-refractivity contribution in [2.45, 2.75) is 44.8 Å². The Morgan fingerprint density at radius 2 is 1.81 bits per heavy atom. The van der Waals surface area contributed by atoms with Gasteiger partial charge in [0.2, 0.25) is 0 Å². The minimum absolute atomic E-state index is 0.0970. The van der Waals surface area contributed by atoms with Crippen LogP contribution in [0.4, 0.5) is 4.79 Å². The summed E-state index contributed by atoms with van der Waals surface area (Å²) in [6.45, 7) is 5.64. The first-order valence-corrected chi connectivity index (χ1v) is 9.06. The maximum atomic E-state index is 12.5. The number of carbonyl (C=O) groups is 1. The molecule has 4 heteroatoms. The molecule has 3 aromatic rings. The second-order valence-corrected chi connectivity index (χ2v) is 7.92. The zero-order valence-electron chi connectivity index (χ0n) is 15.4. The van der Waals surface area contributed by atoms with Crippen molar-refractivity contribution >= 4 is 17.0 Å². The van der Waals surface area contributed by atoms with E-state index < -0.39 is 5.60 Å². The topological polar surface area (TPSA) is 54.1 Å². The highest BCUT2D eigenvalue weighted by Crippen LogP contribution is 2.44. The number of aromatic amines is 1. The van der Waals surface area contributed by atoms with Crippen LogP contribution in [0.25, 0.3) is 10.9 Å². The van der Waals surface area contributed by atoms with Gasteiger partial charge in [-0.25, -0.2) is 4.79 Å². The summed E-state index contributed by atoms with van der Waals surface area (Å²) in [5.74, 6) is 0.177. The van der Waals surface area contributed by atoms with Crippen LogP contribution in [-0.2, 0) is 11.2 Å². The molecule has 134 valence electrons. The third-order valence-corrected chi connectivity index (χ3v) is 4.93. The monoisotopic (exact) mass is 348 g/mol. The normalized spacial score (nSPS) is 19.3. The fourth-order valence-corrected chi connectivity index (χ4v) is 3.90. The van der Waals surface area contributed by atoms with Gasteiger partial charge in [0.25, 0.3) is 0 Å². The molecule has 0 spiro atoms. The average molecular weight is 348 g/mol. The van der Waals surface area contributed by atoms with Gasteiger partial charge in [0.15, 0.2) is 0 Å². The van der Waals surface area contributed by atoms with E-state index in [4.69, 9.17) is 4.74 Å². The van der Waals surface area contributed by atoms with E-state index in [1.807, 2.05) is 32.9 Å². The Bertz CT molecular complexity index is 952. The molecular formula is C22H24N2O2. The fraction of sp³-hybridized carbons (Fsp3) is 0.318. The van der Waals surface area contributed by atoms with E-state index in [0.29, 0.717) is 0 Å². The van der Waals surface area contributed by atoms with Crippen LogP contribution in [0.15, 0.2) is 54.7 Å². The molecule has 0 fully saturated rings. The largest absolute Gasteiger partial charge is 0.444 e. The number of aromatic nitrogens is 1. The van der Waals surface area contributed by atoms with Crippen LogP contribution >= 0.6 is 0 Å². The highest BCUT2D eigenvalue weighted by Gasteiger charge is 2.36. The summed E-state index contributed by atoms with van der Waals surface area (Å²) in [7, 11) is 0. The minimum Gasteiger partial charge on any atom is -0.444 e. The molecule has 0 saturated heterocycles. The third-order valence-electron chi connectivity index (χ3n) is 4.93. The first-order chi connectivity index (χ1) is 12.4. The molecule has 2 aromatic carbocycles. The molecule has 26 heavy (non-hydrogen) atoms. The lowest BCUT2D eigenvalue weighted by molar-refractivity contribution is 0.0498. The summed E-state index contributed by atoms with van der Waals surface area (Å²) < 4.78 is 5.51. The first kappa shape index (κ1) is 16.7. The van der Waals surface area contributed by atoms with Gasteiger partial charge in [0.05, 0.1) is 6.04 Å². The lowest BCUT2D eigenvalue weighted by atomic mass is 9.92. The van der Waals surface area contributed by atoms with Crippen LogP contribution in [0.2, 0.25) is 0 Å². The lowest BCUT2D eigenvalue weighted by Gasteiger charge is -2.25. The summed E-state index contributed by atoms with van der Waals surface area (Å²) in [5.41, 5.74) is 4.29. The van der Waals surface area contributed by atoms with Gasteiger partial charge in [0.1, 0.15) is 5.60 Å². The molecule has 1 heterocycles. The van der Waals surface area contributed by atoms with Crippen molar-refractivity contribution in [2.75, 3.05) is 0 Å². The number of amides is 1. The Labute approximate surface area is 153 Å². The fourth-order valence-electron chi connectivity index (χ4n) is 3.90. The number of alkyl carbamates (subject to hydrolysis) is 1. The molecule has 1 aliphatic rings. The maximum absolute atomic E-state index is 12.5. The van der Waals surface area contributed by atoms with Crippen LogP contribution in [0.1, 0.15) is 49.4 Å². The molecule has 2 atom stereocenters. The number of rotatable bonds is 2. The van der Waals surface area contributed by atoms with Crippen LogP contribution in [0.3, 0.4) is 0 Å². The molecule has 0 aliphatic heterocycles. The standard InChI is InChI=1S/C22H24N2O2/c1-22(2,3)26-21(25)24-20-15-9-5-4-8-14(15)12-17(20)18-13-23-19-11-7-6-10-16(18)19/h4-11,13,17,20,23H,12H2,1-3H3,(H,24,25)/t17-,20?/m0/s1. The molecule has 0 radical (unpaired) electrons. The highest BCUT2D eigenvalue weighted by atomic mass is 16.6. The van der Waals surface area contributed by atoms with Gasteiger partial charge in [-0.3, -0.25) is 0 Å². The number of H-pyrrole nitrogens is 1. The van der Waals surface area contributed by atoms with Gasteiger partial charge in [-0.15, -0.1) is 0 Å². The Kier molecular flexibility index (Phi) is 3.98. The number of hydrogen-bond acceptors (Lipinski definition) is 2. The van der Waals surface area contributed by atoms with Gasteiger partial charge >= 0.3 is 6.09 Å². The summed E-state index contributed by atoms with van der Waals surface area (Å²) in [6, 6.07) is 16.5. The quantitative estimate of drug-likeness (QED) is 0.679. The van der Waals surface area contributed by atoms with Crippen molar-refractivity contribution in [2.24, 2.45) is 0 Å². The SMILES string of the molecule is CC(C)(C)OC(=O)NC1c2ccccc2C[C@H]1c1c[nH]c2ccccc12. The smallest absolute Gasteiger partial charge is 0.408 e. The second-order valence-electron chi connectivity index (χ2n) is 7.92. The van der Waals surface area contributed by atoms with Gasteiger partial charge in [-0.1, -0.05) is 42.5 Å². The van der Waals surface area contributed by atoms with E-state index in [2.05, 4.69) is 52.9 Å². The van der Waals surface area contributed by atoms with Crippen molar-refractivity contribution in [3.63, 3.8) is 0 Å². The molecule has 1 unspecified atom stereocenters. The number of benzene rings is 2. The molecule has 1 aliphatic carbocycles. The van der Waals surface area contributed by atoms with Crippen molar-refractivity contribution in [3.8, 4) is 0 Å². The van der Waals surface area contributed by atoms with Crippen molar-refractivity contribution in [1.82, 2.24) is 10.3 Å². The number of carbonyl (C=O) groups excluding carboxylic acids is 1. The van der Waals surface area contributed by atoms with E-state index >= 15 is 0 Å². The average Bonchev–Trinajstić information content (AvgIpc) is 3.15. The number of hydrogen-bond donors (Lipinski definition) is 2. The molecule has 4 nitrogen and oxygen atoms in total. The summed E-state index contributed by atoms with van der Waals surface area (Å²) in [6.07, 6.45) is 2.60. The molecule has 1 aromatic heterocycles. The predicted molar refractivity (Wildman–Crippen MR) is 103 cm³/mol. The first-order valence-electron chi connectivity index (χ1n) is 9.06. The predicted octanol–water partition coefficient (Wildman–Crippen LogP) is 5.07. The summed E-state index contributed by atoms with van der Waals surface area (Å²) in [5, 5.41) is 4.33. The van der Waals surface area contributed by atoms with Crippen molar-refractivity contribution < 1.29 is 9.53 Å². The summed E-state index contributed by atoms with van der Waals surface area (Å²) in [4.78, 5) is 15.8. The van der Waals surface area contributed by atoms with E-state index in [-0.39, 0.29) is 18.1 Å². The van der Waals surface area contributed by atoms with Crippen molar-refractivity contribution in [3.05, 3.63) is 71.4 Å². The van der Waals surface area contributed by atoms with Gasteiger partial charge in [0, 0.05) is 23.0 Å². The molecule has 0 bridgehead atoms. The Morgan fingerprint density at radius 1 is 1.08 bits per heavy atom. The summed E-state index contributed by atoms with van der Waals surface area (Å²) >= 11 is 0. The number of fused-ring (bicyclic) bond motifs is 2. The zero-order valence-corrected chi connectivity index (χ0v) is 15.4. The third kappa shape index (κ3) is 3.07. The zero-order chi connectivity index (χ0) is 18.3. The second kappa shape index (κ2) is 6.20. The van der Waals surface area contributed by atoms with E-state index in [9.17, 15) is 4.79 Å². The number of para-hydroxylation sites is 1. The highest BCUT2D eigenvalue weighted by molar-refractivity contribution is 5.84. The van der Waals surface area contributed by atoms with Gasteiger partial charge < -0.3 is 15.0 Å². The molecular weight excluding hydrogens is 324 g/mol. The van der Waals surface area contributed by atoms with E-state index in [1.54, 1.807) is 0 Å².